The van der Waals surface area contributed by atoms with Crippen LogP contribution in [0.25, 0.3) is 6.08 Å². The molecule has 0 bridgehead atoms. The summed E-state index contributed by atoms with van der Waals surface area (Å²) in [4.78, 5) is 10.3. The lowest BCUT2D eigenvalue weighted by atomic mass is 10.2. The minimum absolute atomic E-state index is 0.330. The molecule has 0 N–H and O–H groups in total. The molecule has 1 rings (SSSR count). The quantitative estimate of drug-likeness (QED) is 0.345. The van der Waals surface area contributed by atoms with Crippen LogP contribution in [0.15, 0.2) is 62.2 Å². The summed E-state index contributed by atoms with van der Waals surface area (Å²) in [6.45, 7) is 12.6. The van der Waals surface area contributed by atoms with Gasteiger partial charge in [0.2, 0.25) is 0 Å². The Balaban J connectivity index is 0. The zero-order valence-corrected chi connectivity index (χ0v) is 12.6. The Morgan fingerprint density at radius 1 is 1.29 bits per heavy atom. The maximum absolute atomic E-state index is 10.3. The van der Waals surface area contributed by atoms with Crippen LogP contribution in [-0.2, 0) is 9.53 Å². The van der Waals surface area contributed by atoms with Gasteiger partial charge in [-0.1, -0.05) is 69.5 Å². The Morgan fingerprint density at radius 2 is 1.86 bits per heavy atom. The van der Waals surface area contributed by atoms with Crippen molar-refractivity contribution in [3.05, 3.63) is 67.8 Å². The van der Waals surface area contributed by atoms with E-state index in [9.17, 15) is 4.79 Å². The fourth-order valence-electron chi connectivity index (χ4n) is 0.965. The molecular formula is C18H23NO2. The number of esters is 1. The molecule has 0 fully saturated rings. The van der Waals surface area contributed by atoms with Crippen LogP contribution in [0.1, 0.15) is 25.3 Å². The molecule has 0 aliphatic carbocycles. The minimum Gasteiger partial charge on any atom is -0.463 e. The summed E-state index contributed by atoms with van der Waals surface area (Å²) in [6.07, 6.45) is 6.17. The van der Waals surface area contributed by atoms with Gasteiger partial charge in [0.1, 0.15) is 0 Å². The van der Waals surface area contributed by atoms with Crippen LogP contribution < -0.4 is 0 Å². The summed E-state index contributed by atoms with van der Waals surface area (Å²) in [7, 11) is 0. The first kappa shape index (κ1) is 20.7. The molecule has 0 aliphatic rings. The molecule has 21 heavy (non-hydrogen) atoms. The highest BCUT2D eigenvalue weighted by atomic mass is 16.5. The lowest BCUT2D eigenvalue weighted by Crippen LogP contribution is -2.00. The van der Waals surface area contributed by atoms with Crippen molar-refractivity contribution in [1.29, 1.82) is 5.26 Å². The van der Waals surface area contributed by atoms with E-state index in [-0.39, 0.29) is 5.97 Å². The maximum atomic E-state index is 10.3. The van der Waals surface area contributed by atoms with Gasteiger partial charge in [0.15, 0.2) is 0 Å². The van der Waals surface area contributed by atoms with E-state index in [1.165, 1.54) is 17.7 Å². The number of carbonyl (C=O) groups excluding carboxylic acids is 1. The molecule has 112 valence electrons. The number of allylic oxidation sites excluding steroid dienone is 1. The minimum atomic E-state index is -0.330. The molecule has 0 amide bonds. The van der Waals surface area contributed by atoms with E-state index in [2.05, 4.69) is 24.5 Å². The first-order chi connectivity index (χ1) is 10.2. The second-order valence-corrected chi connectivity index (χ2v) is 3.67. The van der Waals surface area contributed by atoms with Crippen LogP contribution in [0.5, 0.6) is 0 Å². The van der Waals surface area contributed by atoms with E-state index >= 15 is 0 Å². The first-order valence-corrected chi connectivity index (χ1v) is 6.63. The van der Waals surface area contributed by atoms with Crippen molar-refractivity contribution in [2.45, 2.75) is 19.8 Å². The molecular weight excluding hydrogens is 262 g/mol. The smallest absolute Gasteiger partial charge is 0.330 e. The molecule has 0 atom stereocenters. The molecule has 0 radical (unpaired) electrons. The standard InChI is InChI=1S/C8H8.C7H12O2.C3H3N/c1-2-8-6-4-3-5-7-8;1-3-5-6-9-7(8)4-2;1-2-3-4/h2-7H,1H2;4H,2-3,5-6H2,1H3;2H,1H2. The van der Waals surface area contributed by atoms with E-state index < -0.39 is 0 Å². The number of ether oxygens (including phenoxy) is 1. The number of carbonyl (C=O) groups is 1. The van der Waals surface area contributed by atoms with Gasteiger partial charge >= 0.3 is 5.97 Å². The summed E-state index contributed by atoms with van der Waals surface area (Å²) < 4.78 is 4.67. The molecule has 1 aromatic rings. The SMILES string of the molecule is C=CC#N.C=CC(=O)OCCCC.C=Cc1ccccc1. The Kier molecular flexibility index (Phi) is 17.2. The third kappa shape index (κ3) is 17.4. The molecule has 0 unspecified atom stereocenters. The van der Waals surface area contributed by atoms with Gasteiger partial charge in [-0.25, -0.2) is 4.79 Å². The number of unbranched alkanes of at least 4 members (excludes halogenated alkanes) is 1. The summed E-state index contributed by atoms with van der Waals surface area (Å²) in [5, 5.41) is 7.51. The fourth-order valence-corrected chi connectivity index (χ4v) is 0.965. The highest BCUT2D eigenvalue weighted by Gasteiger charge is 1.91. The molecule has 0 saturated heterocycles. The Morgan fingerprint density at radius 3 is 2.19 bits per heavy atom. The summed E-state index contributed by atoms with van der Waals surface area (Å²) in [5.41, 5.74) is 1.17. The average molecular weight is 285 g/mol. The van der Waals surface area contributed by atoms with Crippen molar-refractivity contribution >= 4 is 12.0 Å². The van der Waals surface area contributed by atoms with Gasteiger partial charge in [0.05, 0.1) is 12.7 Å². The first-order valence-electron chi connectivity index (χ1n) is 6.63. The van der Waals surface area contributed by atoms with Crippen LogP contribution in [0.4, 0.5) is 0 Å². The van der Waals surface area contributed by atoms with Gasteiger partial charge in [-0.3, -0.25) is 0 Å². The Bertz CT molecular complexity index is 444. The predicted octanol–water partition coefficient (Wildman–Crippen LogP) is 4.54. The zero-order valence-electron chi connectivity index (χ0n) is 12.6. The summed E-state index contributed by atoms with van der Waals surface area (Å²) in [6, 6.07) is 11.7. The van der Waals surface area contributed by atoms with Crippen molar-refractivity contribution < 1.29 is 9.53 Å². The van der Waals surface area contributed by atoms with E-state index in [0.29, 0.717) is 6.61 Å². The van der Waals surface area contributed by atoms with Gasteiger partial charge in [0.25, 0.3) is 0 Å². The monoisotopic (exact) mass is 285 g/mol. The average Bonchev–Trinajstić information content (AvgIpc) is 2.56. The van der Waals surface area contributed by atoms with E-state index in [1.807, 2.05) is 43.3 Å². The molecule has 3 nitrogen and oxygen atoms in total. The van der Waals surface area contributed by atoms with Crippen LogP contribution in [0.3, 0.4) is 0 Å². The Hall–Kier alpha value is -2.60. The van der Waals surface area contributed by atoms with E-state index in [1.54, 1.807) is 6.07 Å². The Labute approximate surface area is 127 Å². The molecule has 0 saturated carbocycles. The third-order valence-electron chi connectivity index (χ3n) is 2.04. The predicted molar refractivity (Wildman–Crippen MR) is 88.4 cm³/mol. The van der Waals surface area contributed by atoms with Gasteiger partial charge in [-0.15, -0.1) is 0 Å². The van der Waals surface area contributed by atoms with Crippen LogP contribution in [-0.4, -0.2) is 12.6 Å². The second kappa shape index (κ2) is 17.4. The number of nitrogens with zero attached hydrogens (tertiary/aromatic N) is 1. The third-order valence-corrected chi connectivity index (χ3v) is 2.04. The molecule has 0 aliphatic heterocycles. The number of rotatable bonds is 5. The number of nitriles is 1. The van der Waals surface area contributed by atoms with Crippen molar-refractivity contribution in [3.8, 4) is 6.07 Å². The topological polar surface area (TPSA) is 50.1 Å². The summed E-state index contributed by atoms with van der Waals surface area (Å²) >= 11 is 0. The van der Waals surface area contributed by atoms with Crippen LogP contribution in [0, 0.1) is 11.3 Å². The lowest BCUT2D eigenvalue weighted by Gasteiger charge is -1.97. The highest BCUT2D eigenvalue weighted by molar-refractivity contribution is 5.81. The van der Waals surface area contributed by atoms with E-state index in [0.717, 1.165) is 12.8 Å². The van der Waals surface area contributed by atoms with Gasteiger partial charge in [0, 0.05) is 12.2 Å². The summed E-state index contributed by atoms with van der Waals surface area (Å²) in [5.74, 6) is -0.330. The van der Waals surface area contributed by atoms with Gasteiger partial charge in [-0.2, -0.15) is 5.26 Å². The van der Waals surface area contributed by atoms with Gasteiger partial charge < -0.3 is 4.74 Å². The zero-order chi connectivity index (χ0) is 16.3. The maximum Gasteiger partial charge on any atom is 0.330 e. The number of hydrogen-bond acceptors (Lipinski definition) is 3. The fraction of sp³-hybridized carbons (Fsp3) is 0.222. The molecule has 0 heterocycles. The normalized spacial score (nSPS) is 7.62. The number of hydrogen-bond donors (Lipinski definition) is 0. The van der Waals surface area contributed by atoms with Crippen molar-refractivity contribution in [2.24, 2.45) is 0 Å². The molecule has 3 heteroatoms. The second-order valence-electron chi connectivity index (χ2n) is 3.67. The highest BCUT2D eigenvalue weighted by Crippen LogP contribution is 1.97. The number of benzene rings is 1. The lowest BCUT2D eigenvalue weighted by molar-refractivity contribution is -0.137. The van der Waals surface area contributed by atoms with Crippen molar-refractivity contribution in [1.82, 2.24) is 0 Å². The molecule has 0 spiro atoms. The molecule has 0 aromatic heterocycles. The van der Waals surface area contributed by atoms with Crippen LogP contribution >= 0.6 is 0 Å². The van der Waals surface area contributed by atoms with Crippen molar-refractivity contribution in [3.63, 3.8) is 0 Å². The molecule has 1 aromatic carbocycles. The van der Waals surface area contributed by atoms with E-state index in [4.69, 9.17) is 5.26 Å². The largest absolute Gasteiger partial charge is 0.463 e. The van der Waals surface area contributed by atoms with Crippen molar-refractivity contribution in [2.75, 3.05) is 6.61 Å². The van der Waals surface area contributed by atoms with Gasteiger partial charge in [-0.05, 0) is 12.0 Å². The van der Waals surface area contributed by atoms with Crippen LogP contribution in [0.2, 0.25) is 0 Å².